The second-order valence-corrected chi connectivity index (χ2v) is 13.5. The normalized spacial score (nSPS) is 11.8. The molecular weight excluding hydrogens is 599 g/mol. The Labute approximate surface area is 282 Å². The van der Waals surface area contributed by atoms with Gasteiger partial charge >= 0.3 is 0 Å². The maximum Gasteiger partial charge on any atom is 0.0727 e. The van der Waals surface area contributed by atoms with Crippen molar-refractivity contribution in [3.63, 3.8) is 0 Å². The van der Waals surface area contributed by atoms with Crippen molar-refractivity contribution >= 4 is 64.1 Å². The van der Waals surface area contributed by atoms with Gasteiger partial charge in [0.05, 0.1) is 15.7 Å². The molecule has 10 rings (SSSR count). The van der Waals surface area contributed by atoms with E-state index in [0.29, 0.717) is 0 Å². The predicted molar refractivity (Wildman–Crippen MR) is 207 cm³/mol. The molecule has 0 radical (unpaired) electrons. The van der Waals surface area contributed by atoms with Gasteiger partial charge in [0.15, 0.2) is 0 Å². The Morgan fingerprint density at radius 2 is 0.833 bits per heavy atom. The summed E-state index contributed by atoms with van der Waals surface area (Å²) in [5.74, 6) is 0. The number of hydrogen-bond acceptors (Lipinski definition) is 1. The van der Waals surface area contributed by atoms with E-state index in [9.17, 15) is 0 Å². The molecular formula is C46H29NS. The minimum Gasteiger partial charge on any atom is -0.308 e. The van der Waals surface area contributed by atoms with Gasteiger partial charge in [-0.05, 0) is 67.6 Å². The lowest BCUT2D eigenvalue weighted by molar-refractivity contribution is 1.19. The highest BCUT2D eigenvalue weighted by Crippen LogP contribution is 2.49. The smallest absolute Gasteiger partial charge is 0.0727 e. The number of fused-ring (bicyclic) bond motifs is 7. The Kier molecular flexibility index (Phi) is 6.12. The van der Waals surface area contributed by atoms with Crippen LogP contribution in [0.25, 0.3) is 91.8 Å². The van der Waals surface area contributed by atoms with Gasteiger partial charge < -0.3 is 4.57 Å². The number of nitrogens with zero attached hydrogens (tertiary/aromatic N) is 1. The molecule has 0 aliphatic carbocycles. The van der Waals surface area contributed by atoms with Crippen LogP contribution in [-0.2, 0) is 0 Å². The third kappa shape index (κ3) is 4.03. The molecule has 0 fully saturated rings. The van der Waals surface area contributed by atoms with E-state index in [1.807, 2.05) is 11.3 Å². The molecule has 0 unspecified atom stereocenters. The summed E-state index contributed by atoms with van der Waals surface area (Å²) in [6.07, 6.45) is 0. The molecule has 0 saturated heterocycles. The maximum atomic E-state index is 2.45. The van der Waals surface area contributed by atoms with Crippen molar-refractivity contribution in [3.8, 4) is 39.1 Å². The van der Waals surface area contributed by atoms with Crippen LogP contribution in [0.4, 0.5) is 0 Å². The Morgan fingerprint density at radius 1 is 0.333 bits per heavy atom. The number of para-hydroxylation sites is 2. The third-order valence-electron chi connectivity index (χ3n) is 9.80. The predicted octanol–water partition coefficient (Wildman–Crippen LogP) is 13.3. The fourth-order valence-corrected chi connectivity index (χ4v) is 9.06. The first-order valence-electron chi connectivity index (χ1n) is 16.4. The van der Waals surface area contributed by atoms with Crippen LogP contribution in [0, 0.1) is 0 Å². The minimum absolute atomic E-state index is 1.19. The van der Waals surface area contributed by atoms with Crippen molar-refractivity contribution in [2.45, 2.75) is 0 Å². The summed E-state index contributed by atoms with van der Waals surface area (Å²) in [7, 11) is 0. The molecule has 8 aromatic carbocycles. The standard InChI is InChI=1S/C46H29NS/c1-3-14-30(15-4-1)31-26-28-32(29-27-31)42-34-18-7-9-20-36(34)43(37-21-10-8-19-35(37)42)39-23-13-24-40-44-46(48-45(39)40)38-22-11-12-25-41(38)47(44)33-16-5-2-6-17-33/h1-29H. The molecule has 2 aromatic heterocycles. The van der Waals surface area contributed by atoms with Crippen molar-refractivity contribution < 1.29 is 0 Å². The van der Waals surface area contributed by atoms with E-state index in [-0.39, 0.29) is 0 Å². The van der Waals surface area contributed by atoms with Crippen molar-refractivity contribution in [2.75, 3.05) is 0 Å². The van der Waals surface area contributed by atoms with Gasteiger partial charge in [0.1, 0.15) is 0 Å². The molecule has 0 saturated carbocycles. The molecule has 0 aliphatic rings. The number of aromatic nitrogens is 1. The molecule has 10 aromatic rings. The SMILES string of the molecule is c1ccc(-c2ccc(-c3c4ccccc4c(-c4cccc5c4sc4c6ccccc6n(-c6ccccc6)c54)c4ccccc34)cc2)cc1. The molecule has 0 spiro atoms. The number of benzene rings is 8. The lowest BCUT2D eigenvalue weighted by atomic mass is 9.85. The summed E-state index contributed by atoms with van der Waals surface area (Å²) in [6, 6.07) is 64.1. The zero-order chi connectivity index (χ0) is 31.6. The molecule has 1 nitrogen and oxygen atoms in total. The Hall–Kier alpha value is -5.96. The van der Waals surface area contributed by atoms with E-state index in [2.05, 4.69) is 180 Å². The lowest BCUT2D eigenvalue weighted by Gasteiger charge is -2.18. The van der Waals surface area contributed by atoms with Gasteiger partial charge in [-0.1, -0.05) is 158 Å². The highest BCUT2D eigenvalue weighted by molar-refractivity contribution is 7.27. The molecule has 0 atom stereocenters. The van der Waals surface area contributed by atoms with E-state index in [0.717, 1.165) is 0 Å². The first kappa shape index (κ1) is 27.2. The molecule has 0 amide bonds. The van der Waals surface area contributed by atoms with E-state index in [1.165, 1.54) is 91.8 Å². The van der Waals surface area contributed by atoms with Gasteiger partial charge in [-0.2, -0.15) is 0 Å². The van der Waals surface area contributed by atoms with E-state index in [4.69, 9.17) is 0 Å². The van der Waals surface area contributed by atoms with Gasteiger partial charge in [0.2, 0.25) is 0 Å². The summed E-state index contributed by atoms with van der Waals surface area (Å²) < 4.78 is 5.11. The van der Waals surface area contributed by atoms with Gasteiger partial charge in [-0.3, -0.25) is 0 Å². The maximum absolute atomic E-state index is 2.45. The second-order valence-electron chi connectivity index (χ2n) is 12.4. The minimum atomic E-state index is 1.19. The quantitative estimate of drug-likeness (QED) is 0.171. The van der Waals surface area contributed by atoms with Gasteiger partial charge in [0, 0.05) is 26.7 Å². The van der Waals surface area contributed by atoms with Crippen LogP contribution in [0.1, 0.15) is 0 Å². The topological polar surface area (TPSA) is 4.93 Å². The van der Waals surface area contributed by atoms with E-state index < -0.39 is 0 Å². The molecule has 48 heavy (non-hydrogen) atoms. The van der Waals surface area contributed by atoms with Crippen molar-refractivity contribution in [3.05, 3.63) is 176 Å². The Bertz CT molecular complexity index is 2750. The fourth-order valence-electron chi connectivity index (χ4n) is 7.72. The molecule has 224 valence electrons. The van der Waals surface area contributed by atoms with E-state index >= 15 is 0 Å². The first-order chi connectivity index (χ1) is 23.8. The van der Waals surface area contributed by atoms with Crippen LogP contribution in [0.15, 0.2) is 176 Å². The van der Waals surface area contributed by atoms with Gasteiger partial charge in [-0.15, -0.1) is 11.3 Å². The largest absolute Gasteiger partial charge is 0.308 e. The summed E-state index contributed by atoms with van der Waals surface area (Å²) in [6.45, 7) is 0. The monoisotopic (exact) mass is 627 g/mol. The van der Waals surface area contributed by atoms with Crippen molar-refractivity contribution in [2.24, 2.45) is 0 Å². The number of rotatable bonds is 4. The highest BCUT2D eigenvalue weighted by Gasteiger charge is 2.22. The van der Waals surface area contributed by atoms with Gasteiger partial charge in [-0.25, -0.2) is 0 Å². The van der Waals surface area contributed by atoms with Crippen LogP contribution in [0.3, 0.4) is 0 Å². The number of thiophene rings is 1. The molecule has 0 aliphatic heterocycles. The molecule has 2 heteroatoms. The fraction of sp³-hybridized carbons (Fsp3) is 0. The first-order valence-corrected chi connectivity index (χ1v) is 17.3. The second kappa shape index (κ2) is 10.8. The summed E-state index contributed by atoms with van der Waals surface area (Å²) in [5, 5.41) is 7.69. The molecule has 2 heterocycles. The van der Waals surface area contributed by atoms with Crippen LogP contribution in [0.2, 0.25) is 0 Å². The average molecular weight is 628 g/mol. The lowest BCUT2D eigenvalue weighted by Crippen LogP contribution is -1.93. The van der Waals surface area contributed by atoms with Crippen LogP contribution in [-0.4, -0.2) is 4.57 Å². The summed E-state index contributed by atoms with van der Waals surface area (Å²) in [4.78, 5) is 0. The zero-order valence-corrected chi connectivity index (χ0v) is 26.9. The van der Waals surface area contributed by atoms with E-state index in [1.54, 1.807) is 0 Å². The Balaban J connectivity index is 1.27. The van der Waals surface area contributed by atoms with Crippen molar-refractivity contribution in [1.82, 2.24) is 4.57 Å². The summed E-state index contributed by atoms with van der Waals surface area (Å²) in [5.41, 5.74) is 11.3. The zero-order valence-electron chi connectivity index (χ0n) is 26.1. The van der Waals surface area contributed by atoms with Crippen LogP contribution < -0.4 is 0 Å². The highest BCUT2D eigenvalue weighted by atomic mass is 32.1. The third-order valence-corrected chi connectivity index (χ3v) is 11.1. The van der Waals surface area contributed by atoms with Crippen LogP contribution in [0.5, 0.6) is 0 Å². The Morgan fingerprint density at radius 3 is 1.50 bits per heavy atom. The summed E-state index contributed by atoms with van der Waals surface area (Å²) >= 11 is 1.92. The van der Waals surface area contributed by atoms with Crippen molar-refractivity contribution in [1.29, 1.82) is 0 Å². The molecule has 0 N–H and O–H groups in total. The molecule has 0 bridgehead atoms. The van der Waals surface area contributed by atoms with Crippen LogP contribution >= 0.6 is 11.3 Å². The number of hydrogen-bond donors (Lipinski definition) is 0. The average Bonchev–Trinajstić information content (AvgIpc) is 3.70. The van der Waals surface area contributed by atoms with Gasteiger partial charge in [0.25, 0.3) is 0 Å².